The molecule has 1 aliphatic carbocycles. The summed E-state index contributed by atoms with van der Waals surface area (Å²) in [7, 11) is 0. The maximum absolute atomic E-state index is 15.3. The number of benzene rings is 3. The van der Waals surface area contributed by atoms with E-state index in [1.54, 1.807) is 18.2 Å². The summed E-state index contributed by atoms with van der Waals surface area (Å²) in [4.78, 5) is 47.5. The van der Waals surface area contributed by atoms with E-state index >= 15 is 4.79 Å². The second-order valence-electron chi connectivity index (χ2n) is 15.9. The molecule has 3 aromatic rings. The van der Waals surface area contributed by atoms with Gasteiger partial charge in [-0.1, -0.05) is 83.1 Å². The summed E-state index contributed by atoms with van der Waals surface area (Å²) in [5, 5.41) is 26.9. The lowest BCUT2D eigenvalue weighted by Crippen LogP contribution is -2.74. The van der Waals surface area contributed by atoms with Gasteiger partial charge in [0.1, 0.15) is 17.8 Å². The van der Waals surface area contributed by atoms with Crippen LogP contribution in [0.1, 0.15) is 80.9 Å². The van der Waals surface area contributed by atoms with Gasteiger partial charge in [0.25, 0.3) is 5.91 Å². The van der Waals surface area contributed by atoms with Gasteiger partial charge in [0.05, 0.1) is 17.2 Å². The normalized spacial score (nSPS) is 21.6. The van der Waals surface area contributed by atoms with Crippen molar-refractivity contribution in [3.63, 3.8) is 0 Å². The van der Waals surface area contributed by atoms with Crippen molar-refractivity contribution in [1.29, 1.82) is 0 Å². The van der Waals surface area contributed by atoms with Crippen molar-refractivity contribution < 1.29 is 24.6 Å². The van der Waals surface area contributed by atoms with Crippen molar-refractivity contribution in [2.75, 3.05) is 24.5 Å². The molecule has 6 rings (SSSR count). The molecule has 2 heterocycles. The molecule has 2 aliphatic heterocycles. The molecule has 2 fully saturated rings. The van der Waals surface area contributed by atoms with E-state index in [4.69, 9.17) is 0 Å². The summed E-state index contributed by atoms with van der Waals surface area (Å²) in [6.07, 6.45) is 2.96. The van der Waals surface area contributed by atoms with E-state index in [1.807, 2.05) is 29.2 Å². The van der Waals surface area contributed by atoms with Crippen molar-refractivity contribution in [2.45, 2.75) is 90.4 Å². The van der Waals surface area contributed by atoms with Crippen LogP contribution < -0.4 is 15.5 Å². The Bertz CT molecular complexity index is 1680. The first-order chi connectivity index (χ1) is 23.8. The Morgan fingerprint density at radius 2 is 1.52 bits per heavy atom. The quantitative estimate of drug-likeness (QED) is 0.247. The Hall–Kier alpha value is -4.37. The van der Waals surface area contributed by atoms with Crippen molar-refractivity contribution in [3.8, 4) is 5.75 Å². The number of rotatable bonds is 9. The summed E-state index contributed by atoms with van der Waals surface area (Å²) >= 11 is 0. The fraction of sp³-hybridized carbons (Fsp3) is 0.488. The number of phenolic OH excluding ortho intramolecular Hbond substituents is 1. The van der Waals surface area contributed by atoms with Gasteiger partial charge < -0.3 is 30.6 Å². The maximum atomic E-state index is 15.3. The first-order valence-corrected chi connectivity index (χ1v) is 18.1. The van der Waals surface area contributed by atoms with Gasteiger partial charge >= 0.3 is 0 Å². The van der Waals surface area contributed by atoms with Crippen molar-refractivity contribution >= 4 is 23.4 Å². The molecule has 0 spiro atoms. The number of hydrogen-bond acceptors (Lipinski definition) is 6. The Morgan fingerprint density at radius 3 is 2.10 bits per heavy atom. The molecule has 3 atom stereocenters. The number of nitrogens with one attached hydrogen (secondary N) is 2. The van der Waals surface area contributed by atoms with E-state index in [9.17, 15) is 19.8 Å². The van der Waals surface area contributed by atoms with E-state index < -0.39 is 28.9 Å². The Kier molecular flexibility index (Phi) is 10.00. The van der Waals surface area contributed by atoms with Gasteiger partial charge in [0.15, 0.2) is 0 Å². The highest BCUT2D eigenvalue weighted by Crippen LogP contribution is 2.48. The number of amides is 3. The molecule has 50 heavy (non-hydrogen) atoms. The molecule has 2 saturated heterocycles. The van der Waals surface area contributed by atoms with Crippen LogP contribution in [0.25, 0.3) is 0 Å². The summed E-state index contributed by atoms with van der Waals surface area (Å²) < 4.78 is 0. The Morgan fingerprint density at radius 1 is 0.920 bits per heavy atom. The van der Waals surface area contributed by atoms with Crippen LogP contribution in [-0.4, -0.2) is 70.7 Å². The molecule has 9 nitrogen and oxygen atoms in total. The van der Waals surface area contributed by atoms with Crippen LogP contribution in [0.2, 0.25) is 0 Å². The lowest BCUT2D eigenvalue weighted by molar-refractivity contribution is -0.167. The van der Waals surface area contributed by atoms with E-state index in [-0.39, 0.29) is 47.6 Å². The zero-order valence-electron chi connectivity index (χ0n) is 30.0. The molecule has 4 N–H and O–H groups in total. The summed E-state index contributed by atoms with van der Waals surface area (Å²) in [6.45, 7) is 11.8. The smallest absolute Gasteiger partial charge is 0.255 e. The van der Waals surface area contributed by atoms with Crippen LogP contribution in [0.3, 0.4) is 0 Å². The van der Waals surface area contributed by atoms with E-state index in [0.717, 1.165) is 24.3 Å². The number of phenols is 1. The molecule has 1 unspecified atom stereocenters. The van der Waals surface area contributed by atoms with Gasteiger partial charge in [-0.15, -0.1) is 0 Å². The number of piperazine rings is 1. The maximum Gasteiger partial charge on any atom is 0.255 e. The van der Waals surface area contributed by atoms with Crippen molar-refractivity contribution in [3.05, 3.63) is 95.1 Å². The second-order valence-corrected chi connectivity index (χ2v) is 15.9. The number of fused-ring (bicyclic) bond motifs is 1. The zero-order chi connectivity index (χ0) is 35.8. The minimum absolute atomic E-state index is 0.0180. The number of aliphatic hydroxyl groups is 1. The SMILES string of the molecule is CC(C)C[C@@H]1C(=O)N[C@H](C2Cc3ccccc3C2)C(=O)N1C(CNC(=O)c1ccccc1O)(c1ccc(N2CCC(O)CC2)cc1)C(C)(C)C. The average Bonchev–Trinajstić information content (AvgIpc) is 3.51. The predicted molar refractivity (Wildman–Crippen MR) is 195 cm³/mol. The highest BCUT2D eigenvalue weighted by atomic mass is 16.3. The molecule has 266 valence electrons. The van der Waals surface area contributed by atoms with Gasteiger partial charge in [-0.3, -0.25) is 14.4 Å². The standard InChI is InChI=1S/C41H52N4O5/c1-26(2)22-34-38(49)43-36(29-23-27-10-6-7-11-28(27)24-29)39(50)45(34)41(40(3,4)5,25-42-37(48)33-12-8-9-13-35(33)47)30-14-16-31(17-15-30)44-20-18-32(46)19-21-44/h6-17,26,29,32,34,36,46-47H,18-25H2,1-5H3,(H,42,48)(H,43,49)/t34-,36-,41?/m1/s1. The van der Waals surface area contributed by atoms with Gasteiger partial charge in [-0.05, 0) is 90.3 Å². The third-order valence-corrected chi connectivity index (χ3v) is 11.1. The number of carbonyl (C=O) groups excluding carboxylic acids is 3. The summed E-state index contributed by atoms with van der Waals surface area (Å²) in [5.74, 6) is -0.903. The molecule has 0 saturated carbocycles. The summed E-state index contributed by atoms with van der Waals surface area (Å²) in [6, 6.07) is 21.3. The fourth-order valence-corrected chi connectivity index (χ4v) is 8.42. The average molecular weight is 681 g/mol. The van der Waals surface area contributed by atoms with E-state index in [1.165, 1.54) is 17.2 Å². The first kappa shape index (κ1) is 35.5. The molecule has 9 heteroatoms. The van der Waals surface area contributed by atoms with Crippen LogP contribution in [0.5, 0.6) is 5.75 Å². The lowest BCUT2D eigenvalue weighted by Gasteiger charge is -2.57. The van der Waals surface area contributed by atoms with E-state index in [0.29, 0.717) is 32.1 Å². The molecular formula is C41H52N4O5. The zero-order valence-corrected chi connectivity index (χ0v) is 30.0. The first-order valence-electron chi connectivity index (χ1n) is 18.1. The molecule has 0 bridgehead atoms. The van der Waals surface area contributed by atoms with Crippen LogP contribution in [-0.2, 0) is 28.0 Å². The monoisotopic (exact) mass is 680 g/mol. The number of hydrogen-bond donors (Lipinski definition) is 4. The molecule has 3 amide bonds. The number of piperidine rings is 1. The fourth-order valence-electron chi connectivity index (χ4n) is 8.42. The van der Waals surface area contributed by atoms with Gasteiger partial charge in [0, 0.05) is 25.3 Å². The largest absolute Gasteiger partial charge is 0.507 e. The Labute approximate surface area is 296 Å². The highest BCUT2D eigenvalue weighted by Gasteiger charge is 2.58. The van der Waals surface area contributed by atoms with Crippen LogP contribution in [0.4, 0.5) is 5.69 Å². The number of para-hydroxylation sites is 1. The number of aliphatic hydroxyl groups excluding tert-OH is 1. The Balaban J connectivity index is 1.47. The molecule has 0 radical (unpaired) electrons. The van der Waals surface area contributed by atoms with Gasteiger partial charge in [-0.25, -0.2) is 0 Å². The number of carbonyl (C=O) groups is 3. The van der Waals surface area contributed by atoms with Crippen molar-refractivity contribution in [2.24, 2.45) is 17.3 Å². The van der Waals surface area contributed by atoms with Crippen LogP contribution in [0.15, 0.2) is 72.8 Å². The van der Waals surface area contributed by atoms with Crippen molar-refractivity contribution in [1.82, 2.24) is 15.5 Å². The second kappa shape index (κ2) is 14.1. The topological polar surface area (TPSA) is 122 Å². The molecule has 3 aliphatic rings. The molecule has 0 aromatic heterocycles. The minimum atomic E-state index is -1.16. The number of aromatic hydroxyl groups is 1. The van der Waals surface area contributed by atoms with Crippen LogP contribution in [0, 0.1) is 17.3 Å². The molecule has 3 aromatic carbocycles. The lowest BCUT2D eigenvalue weighted by atomic mass is 9.66. The predicted octanol–water partition coefficient (Wildman–Crippen LogP) is 5.18. The molecular weight excluding hydrogens is 628 g/mol. The highest BCUT2D eigenvalue weighted by molar-refractivity contribution is 5.99. The van der Waals surface area contributed by atoms with Crippen LogP contribution >= 0.6 is 0 Å². The summed E-state index contributed by atoms with van der Waals surface area (Å²) in [5.41, 5.74) is 2.53. The van der Waals surface area contributed by atoms with E-state index in [2.05, 4.69) is 74.4 Å². The number of anilines is 1. The third-order valence-electron chi connectivity index (χ3n) is 11.1. The minimum Gasteiger partial charge on any atom is -0.507 e. The van der Waals surface area contributed by atoms with Gasteiger partial charge in [-0.2, -0.15) is 0 Å². The van der Waals surface area contributed by atoms with Gasteiger partial charge in [0.2, 0.25) is 11.8 Å². The third kappa shape index (κ3) is 6.72. The number of nitrogens with zero attached hydrogens (tertiary/aromatic N) is 2.